The molecule has 1 spiro atoms. The van der Waals surface area contributed by atoms with E-state index in [2.05, 4.69) is 35.7 Å². The number of carbonyl (C=O) groups excluding carboxylic acids is 2. The van der Waals surface area contributed by atoms with Crippen LogP contribution in [0.1, 0.15) is 46.5 Å². The third kappa shape index (κ3) is 3.10. The van der Waals surface area contributed by atoms with Crippen molar-refractivity contribution in [2.45, 2.75) is 31.7 Å². The molecule has 2 aliphatic rings. The monoisotopic (exact) mass is 430 g/mol. The van der Waals surface area contributed by atoms with Crippen LogP contribution >= 0.6 is 0 Å². The smallest absolute Gasteiger partial charge is 0.271 e. The van der Waals surface area contributed by atoms with Crippen molar-refractivity contribution in [2.24, 2.45) is 5.41 Å². The second-order valence-corrected chi connectivity index (χ2v) is 8.85. The standard InChI is InChI=1S/C22H22N8O2/c31-20(18-11-24-19-16(26-18)4-7-23-19)25-10-14-9-22(5-1-6-22)12-30(14)21(32)13-2-3-15-17(8-13)28-29-27-15/h2-4,7-8,11,14H,1,5-6,9-10,12H2,(H,23,24)(H,25,31)(H,27,28,29). The first-order chi connectivity index (χ1) is 15.6. The Morgan fingerprint density at radius 2 is 2.03 bits per heavy atom. The van der Waals surface area contributed by atoms with Gasteiger partial charge in [0.25, 0.3) is 11.8 Å². The fourth-order valence-corrected chi connectivity index (χ4v) is 5.00. The van der Waals surface area contributed by atoms with Crippen molar-refractivity contribution in [3.63, 3.8) is 0 Å². The predicted octanol–water partition coefficient (Wildman–Crippen LogP) is 2.04. The number of nitrogens with one attached hydrogen (secondary N) is 3. The van der Waals surface area contributed by atoms with E-state index in [9.17, 15) is 9.59 Å². The zero-order valence-corrected chi connectivity index (χ0v) is 17.3. The van der Waals surface area contributed by atoms with Crippen LogP contribution in [-0.2, 0) is 0 Å². The number of fused-ring (bicyclic) bond motifs is 2. The van der Waals surface area contributed by atoms with E-state index >= 15 is 0 Å². The molecular formula is C22H22N8O2. The number of H-pyrrole nitrogens is 2. The minimum absolute atomic E-state index is 0.0357. The second kappa shape index (κ2) is 7.11. The number of amides is 2. The molecule has 3 N–H and O–H groups in total. The van der Waals surface area contributed by atoms with E-state index in [1.54, 1.807) is 30.5 Å². The highest BCUT2D eigenvalue weighted by Crippen LogP contribution is 2.50. The van der Waals surface area contributed by atoms with Gasteiger partial charge in [0.1, 0.15) is 22.2 Å². The van der Waals surface area contributed by atoms with Gasteiger partial charge in [0.05, 0.1) is 6.20 Å². The molecule has 1 aromatic carbocycles. The first-order valence-electron chi connectivity index (χ1n) is 10.8. The Hall–Kier alpha value is -3.82. The average Bonchev–Trinajstić information content (AvgIpc) is 3.53. The van der Waals surface area contributed by atoms with E-state index in [1.165, 1.54) is 12.6 Å². The van der Waals surface area contributed by atoms with Crippen LogP contribution in [-0.4, -0.2) is 66.2 Å². The van der Waals surface area contributed by atoms with Gasteiger partial charge in [0.15, 0.2) is 5.65 Å². The van der Waals surface area contributed by atoms with E-state index in [-0.39, 0.29) is 29.0 Å². The Morgan fingerprint density at radius 3 is 2.88 bits per heavy atom. The molecule has 2 fully saturated rings. The quantitative estimate of drug-likeness (QED) is 0.454. The number of carbonyl (C=O) groups is 2. The van der Waals surface area contributed by atoms with Gasteiger partial charge in [-0.1, -0.05) is 6.42 Å². The maximum atomic E-state index is 13.4. The molecule has 6 rings (SSSR count). The minimum atomic E-state index is -0.286. The van der Waals surface area contributed by atoms with Gasteiger partial charge in [-0.2, -0.15) is 15.4 Å². The van der Waals surface area contributed by atoms with Crippen LogP contribution in [0.2, 0.25) is 0 Å². The summed E-state index contributed by atoms with van der Waals surface area (Å²) in [5.74, 6) is -0.321. The lowest BCUT2D eigenvalue weighted by atomic mass is 9.67. The van der Waals surface area contributed by atoms with Gasteiger partial charge in [0, 0.05) is 30.9 Å². The Balaban J connectivity index is 1.21. The molecule has 4 heterocycles. The molecule has 1 saturated heterocycles. The number of rotatable bonds is 4. The van der Waals surface area contributed by atoms with E-state index in [0.29, 0.717) is 28.8 Å². The maximum absolute atomic E-state index is 13.4. The van der Waals surface area contributed by atoms with Crippen LogP contribution in [0, 0.1) is 5.41 Å². The first kappa shape index (κ1) is 18.9. The van der Waals surface area contributed by atoms with Crippen LogP contribution in [0.5, 0.6) is 0 Å². The molecule has 32 heavy (non-hydrogen) atoms. The summed E-state index contributed by atoms with van der Waals surface area (Å²) >= 11 is 0. The van der Waals surface area contributed by atoms with Crippen molar-refractivity contribution in [3.05, 3.63) is 47.9 Å². The number of benzene rings is 1. The number of hydrogen-bond acceptors (Lipinski definition) is 6. The fourth-order valence-electron chi connectivity index (χ4n) is 5.00. The maximum Gasteiger partial charge on any atom is 0.271 e. The molecule has 2 amide bonds. The lowest BCUT2D eigenvalue weighted by molar-refractivity contribution is 0.0686. The third-order valence-electron chi connectivity index (χ3n) is 6.85. The van der Waals surface area contributed by atoms with Gasteiger partial charge in [0.2, 0.25) is 0 Å². The number of likely N-dealkylation sites (tertiary alicyclic amines) is 1. The van der Waals surface area contributed by atoms with Gasteiger partial charge in [-0.25, -0.2) is 9.97 Å². The summed E-state index contributed by atoms with van der Waals surface area (Å²) in [6, 6.07) is 7.07. The average molecular weight is 430 g/mol. The van der Waals surface area contributed by atoms with Gasteiger partial charge < -0.3 is 15.2 Å². The summed E-state index contributed by atoms with van der Waals surface area (Å²) in [5.41, 5.74) is 3.70. The Labute approximate surface area is 182 Å². The molecule has 4 aromatic rings. The Morgan fingerprint density at radius 1 is 1.16 bits per heavy atom. The summed E-state index contributed by atoms with van der Waals surface area (Å²) in [6.45, 7) is 1.10. The number of aromatic amines is 2. The summed E-state index contributed by atoms with van der Waals surface area (Å²) < 4.78 is 0. The zero-order chi connectivity index (χ0) is 21.7. The third-order valence-corrected chi connectivity index (χ3v) is 6.85. The highest BCUT2D eigenvalue weighted by Gasteiger charge is 2.49. The van der Waals surface area contributed by atoms with Gasteiger partial charge in [-0.3, -0.25) is 9.59 Å². The van der Waals surface area contributed by atoms with Gasteiger partial charge >= 0.3 is 0 Å². The number of nitrogens with zero attached hydrogens (tertiary/aromatic N) is 5. The highest BCUT2D eigenvalue weighted by molar-refractivity contribution is 5.98. The van der Waals surface area contributed by atoms with Gasteiger partial charge in [-0.15, -0.1) is 0 Å². The molecule has 0 bridgehead atoms. The Kier molecular flexibility index (Phi) is 4.20. The normalized spacial score (nSPS) is 19.5. The molecule has 162 valence electrons. The molecular weight excluding hydrogens is 408 g/mol. The minimum Gasteiger partial charge on any atom is -0.349 e. The van der Waals surface area contributed by atoms with E-state index in [1.807, 2.05) is 4.90 Å². The predicted molar refractivity (Wildman–Crippen MR) is 116 cm³/mol. The second-order valence-electron chi connectivity index (χ2n) is 8.85. The topological polar surface area (TPSA) is 133 Å². The fraction of sp³-hybridized carbons (Fsp3) is 0.364. The summed E-state index contributed by atoms with van der Waals surface area (Å²) in [4.78, 5) is 39.6. The van der Waals surface area contributed by atoms with Gasteiger partial charge in [-0.05, 0) is 48.9 Å². The number of aromatic nitrogens is 6. The van der Waals surface area contributed by atoms with E-state index in [0.717, 1.165) is 31.3 Å². The molecule has 1 unspecified atom stereocenters. The van der Waals surface area contributed by atoms with Crippen molar-refractivity contribution < 1.29 is 9.59 Å². The summed E-state index contributed by atoms with van der Waals surface area (Å²) in [5, 5.41) is 13.7. The van der Waals surface area contributed by atoms with E-state index in [4.69, 9.17) is 0 Å². The first-order valence-corrected chi connectivity index (χ1v) is 10.8. The highest BCUT2D eigenvalue weighted by atomic mass is 16.2. The molecule has 3 aromatic heterocycles. The van der Waals surface area contributed by atoms with E-state index < -0.39 is 0 Å². The van der Waals surface area contributed by atoms with Crippen LogP contribution in [0.25, 0.3) is 22.2 Å². The number of hydrogen-bond donors (Lipinski definition) is 3. The molecule has 1 saturated carbocycles. The van der Waals surface area contributed by atoms with Crippen molar-refractivity contribution in [1.29, 1.82) is 0 Å². The molecule has 1 aliphatic carbocycles. The van der Waals surface area contributed by atoms with Crippen LogP contribution in [0.4, 0.5) is 0 Å². The lowest BCUT2D eigenvalue weighted by Gasteiger charge is -2.37. The van der Waals surface area contributed by atoms with Crippen molar-refractivity contribution in [1.82, 2.24) is 40.6 Å². The lowest BCUT2D eigenvalue weighted by Crippen LogP contribution is -2.43. The van der Waals surface area contributed by atoms with Crippen molar-refractivity contribution in [2.75, 3.05) is 13.1 Å². The summed E-state index contributed by atoms with van der Waals surface area (Å²) in [7, 11) is 0. The molecule has 10 heteroatoms. The van der Waals surface area contributed by atoms with Crippen LogP contribution in [0.15, 0.2) is 36.7 Å². The molecule has 0 radical (unpaired) electrons. The van der Waals surface area contributed by atoms with Crippen molar-refractivity contribution >= 4 is 34.0 Å². The molecule has 1 atom stereocenters. The zero-order valence-electron chi connectivity index (χ0n) is 17.3. The largest absolute Gasteiger partial charge is 0.349 e. The molecule has 1 aliphatic heterocycles. The SMILES string of the molecule is O=C(NCC1CC2(CCC2)CN1C(=O)c1ccc2n[nH]nc2c1)c1cnc2[nH]ccc2n1. The van der Waals surface area contributed by atoms with Crippen molar-refractivity contribution in [3.8, 4) is 0 Å². The summed E-state index contributed by atoms with van der Waals surface area (Å²) in [6.07, 6.45) is 7.54. The Bertz CT molecular complexity index is 1340. The van der Waals surface area contributed by atoms with Crippen LogP contribution < -0.4 is 5.32 Å². The molecule has 10 nitrogen and oxygen atoms in total. The van der Waals surface area contributed by atoms with Crippen LogP contribution in [0.3, 0.4) is 0 Å².